The zero-order valence-electron chi connectivity index (χ0n) is 17.8. The number of rotatable bonds is 9. The molecule has 0 bridgehead atoms. The number of carbonyl (C=O) groups is 1. The molecular formula is C19H38N4O4. The molecule has 0 aliphatic carbocycles. The Morgan fingerprint density at radius 2 is 2.11 bits per heavy atom. The lowest BCUT2D eigenvalue weighted by molar-refractivity contribution is 0.0278. The fourth-order valence-electron chi connectivity index (χ4n) is 2.61. The van der Waals surface area contributed by atoms with E-state index in [1.807, 2.05) is 20.8 Å². The van der Waals surface area contributed by atoms with Crippen LogP contribution in [-0.2, 0) is 14.2 Å². The number of nitrogens with zero attached hydrogens (tertiary/aromatic N) is 2. The summed E-state index contributed by atoms with van der Waals surface area (Å²) < 4.78 is 16.4. The fourth-order valence-corrected chi connectivity index (χ4v) is 2.61. The van der Waals surface area contributed by atoms with Gasteiger partial charge in [-0.3, -0.25) is 4.99 Å². The van der Waals surface area contributed by atoms with Crippen molar-refractivity contribution in [2.24, 2.45) is 10.9 Å². The van der Waals surface area contributed by atoms with Crippen LogP contribution in [0.3, 0.4) is 0 Å². The van der Waals surface area contributed by atoms with Gasteiger partial charge in [0.2, 0.25) is 0 Å². The van der Waals surface area contributed by atoms with Gasteiger partial charge >= 0.3 is 6.09 Å². The minimum atomic E-state index is -0.479. The minimum Gasteiger partial charge on any atom is -0.444 e. The molecule has 1 heterocycles. The normalized spacial score (nSPS) is 18.9. The van der Waals surface area contributed by atoms with Crippen molar-refractivity contribution in [3.05, 3.63) is 0 Å². The number of aliphatic imine (C=N–C) groups is 1. The van der Waals surface area contributed by atoms with Crippen LogP contribution in [0.1, 0.15) is 40.5 Å². The summed E-state index contributed by atoms with van der Waals surface area (Å²) in [7, 11) is 3.51. The Balaban J connectivity index is 2.16. The number of amides is 1. The van der Waals surface area contributed by atoms with Crippen molar-refractivity contribution in [3.8, 4) is 0 Å². The number of hydrogen-bond acceptors (Lipinski definition) is 5. The zero-order chi connectivity index (χ0) is 20.3. The van der Waals surface area contributed by atoms with E-state index in [1.165, 1.54) is 0 Å². The predicted molar refractivity (Wildman–Crippen MR) is 107 cm³/mol. The van der Waals surface area contributed by atoms with Crippen LogP contribution >= 0.6 is 0 Å². The van der Waals surface area contributed by atoms with E-state index in [4.69, 9.17) is 14.2 Å². The monoisotopic (exact) mass is 386 g/mol. The molecule has 27 heavy (non-hydrogen) atoms. The first kappa shape index (κ1) is 23.5. The van der Waals surface area contributed by atoms with Gasteiger partial charge in [0.15, 0.2) is 5.96 Å². The van der Waals surface area contributed by atoms with Crippen LogP contribution in [0.2, 0.25) is 0 Å². The number of guanidine groups is 1. The Bertz CT molecular complexity index is 459. The van der Waals surface area contributed by atoms with Crippen LogP contribution < -0.4 is 10.6 Å². The topological polar surface area (TPSA) is 84.4 Å². The van der Waals surface area contributed by atoms with E-state index < -0.39 is 5.60 Å². The van der Waals surface area contributed by atoms with Gasteiger partial charge < -0.3 is 29.7 Å². The summed E-state index contributed by atoms with van der Waals surface area (Å²) in [5, 5.41) is 6.57. The van der Waals surface area contributed by atoms with Gasteiger partial charge in [-0.05, 0) is 39.5 Å². The number of ether oxygens (including phenoxy) is 3. The van der Waals surface area contributed by atoms with Crippen molar-refractivity contribution >= 4 is 12.1 Å². The highest BCUT2D eigenvalue weighted by atomic mass is 16.6. The fraction of sp³-hybridized carbons (Fsp3) is 0.895. The van der Waals surface area contributed by atoms with Crippen LogP contribution in [0.5, 0.6) is 0 Å². The lowest BCUT2D eigenvalue weighted by atomic mass is 10.1. The summed E-state index contributed by atoms with van der Waals surface area (Å²) in [5.41, 5.74) is -0.479. The number of nitrogens with one attached hydrogen (secondary N) is 2. The third-order valence-corrected chi connectivity index (χ3v) is 3.99. The van der Waals surface area contributed by atoms with Gasteiger partial charge in [0.25, 0.3) is 0 Å². The van der Waals surface area contributed by atoms with E-state index in [9.17, 15) is 4.79 Å². The molecule has 0 spiro atoms. The molecule has 0 aromatic carbocycles. The third-order valence-electron chi connectivity index (χ3n) is 3.99. The van der Waals surface area contributed by atoms with Gasteiger partial charge in [0.1, 0.15) is 5.60 Å². The molecule has 1 rings (SSSR count). The van der Waals surface area contributed by atoms with E-state index in [2.05, 4.69) is 22.5 Å². The Morgan fingerprint density at radius 3 is 2.70 bits per heavy atom. The van der Waals surface area contributed by atoms with E-state index in [-0.39, 0.29) is 18.1 Å². The maximum absolute atomic E-state index is 12.0. The van der Waals surface area contributed by atoms with E-state index in [1.54, 1.807) is 19.0 Å². The van der Waals surface area contributed by atoms with Gasteiger partial charge in [0, 0.05) is 46.9 Å². The molecule has 1 saturated heterocycles. The lowest BCUT2D eigenvalue weighted by Crippen LogP contribution is -2.43. The maximum Gasteiger partial charge on any atom is 0.410 e. The summed E-state index contributed by atoms with van der Waals surface area (Å²) in [6.07, 6.45) is 1.86. The first-order valence-corrected chi connectivity index (χ1v) is 9.79. The van der Waals surface area contributed by atoms with Crippen molar-refractivity contribution in [1.82, 2.24) is 15.5 Å². The average molecular weight is 387 g/mol. The Morgan fingerprint density at radius 1 is 1.37 bits per heavy atom. The smallest absolute Gasteiger partial charge is 0.410 e. The number of carbonyl (C=O) groups excluding carboxylic acids is 1. The maximum atomic E-state index is 12.0. The summed E-state index contributed by atoms with van der Waals surface area (Å²) >= 11 is 0. The quantitative estimate of drug-likeness (QED) is 0.357. The molecule has 1 aliphatic heterocycles. The largest absolute Gasteiger partial charge is 0.444 e. The minimum absolute atomic E-state index is 0.255. The van der Waals surface area contributed by atoms with Crippen LogP contribution in [0.4, 0.5) is 4.79 Å². The van der Waals surface area contributed by atoms with E-state index in [0.29, 0.717) is 19.7 Å². The van der Waals surface area contributed by atoms with Crippen molar-refractivity contribution in [2.75, 3.05) is 53.6 Å². The molecule has 2 atom stereocenters. The second-order valence-corrected chi connectivity index (χ2v) is 8.06. The molecule has 8 nitrogen and oxygen atoms in total. The molecule has 0 aromatic heterocycles. The van der Waals surface area contributed by atoms with Gasteiger partial charge in [-0.1, -0.05) is 6.92 Å². The van der Waals surface area contributed by atoms with E-state index in [0.717, 1.165) is 38.6 Å². The molecule has 0 radical (unpaired) electrons. The Labute approximate surface area is 164 Å². The van der Waals surface area contributed by atoms with Crippen molar-refractivity contribution in [1.29, 1.82) is 0 Å². The van der Waals surface area contributed by atoms with Gasteiger partial charge in [-0.15, -0.1) is 0 Å². The van der Waals surface area contributed by atoms with Crippen LogP contribution in [-0.4, -0.2) is 82.2 Å². The van der Waals surface area contributed by atoms with Gasteiger partial charge in [-0.2, -0.15) is 0 Å². The highest BCUT2D eigenvalue weighted by molar-refractivity contribution is 5.79. The Hall–Kier alpha value is -1.54. The predicted octanol–water partition coefficient (Wildman–Crippen LogP) is 1.85. The van der Waals surface area contributed by atoms with Crippen molar-refractivity contribution in [3.63, 3.8) is 0 Å². The molecule has 0 saturated carbocycles. The molecular weight excluding hydrogens is 348 g/mol. The van der Waals surface area contributed by atoms with E-state index >= 15 is 0 Å². The van der Waals surface area contributed by atoms with Gasteiger partial charge in [0.05, 0.1) is 12.7 Å². The summed E-state index contributed by atoms with van der Waals surface area (Å²) in [6.45, 7) is 12.0. The van der Waals surface area contributed by atoms with Crippen LogP contribution in [0, 0.1) is 5.92 Å². The first-order chi connectivity index (χ1) is 12.7. The van der Waals surface area contributed by atoms with Gasteiger partial charge in [-0.25, -0.2) is 4.79 Å². The third kappa shape index (κ3) is 11.0. The van der Waals surface area contributed by atoms with Crippen molar-refractivity contribution < 1.29 is 19.0 Å². The molecule has 8 heteroatoms. The number of hydrogen-bond donors (Lipinski definition) is 2. The SMILES string of the molecule is CN=C(NCCCOC1CCOC1)NCC(C)CN(C)C(=O)OC(C)(C)C. The second kappa shape index (κ2) is 12.0. The molecule has 1 fully saturated rings. The van der Waals surface area contributed by atoms with Crippen LogP contribution in [0.15, 0.2) is 4.99 Å². The lowest BCUT2D eigenvalue weighted by Gasteiger charge is -2.26. The second-order valence-electron chi connectivity index (χ2n) is 8.06. The standard InChI is InChI=1S/C19H38N4O4/c1-15(13-23(6)18(24)27-19(2,3)4)12-22-17(20-5)21-9-7-10-26-16-8-11-25-14-16/h15-16H,7-14H2,1-6H3,(H2,20,21,22). The van der Waals surface area contributed by atoms with Crippen LogP contribution in [0.25, 0.3) is 0 Å². The van der Waals surface area contributed by atoms with Crippen molar-refractivity contribution in [2.45, 2.75) is 52.2 Å². The molecule has 158 valence electrons. The molecule has 0 aromatic rings. The molecule has 1 aliphatic rings. The molecule has 2 N–H and O–H groups in total. The summed E-state index contributed by atoms with van der Waals surface area (Å²) in [5.74, 6) is 1.01. The summed E-state index contributed by atoms with van der Waals surface area (Å²) in [4.78, 5) is 17.8. The molecule has 2 unspecified atom stereocenters. The zero-order valence-corrected chi connectivity index (χ0v) is 17.8. The Kier molecular flexibility index (Phi) is 10.5. The average Bonchev–Trinajstić information content (AvgIpc) is 3.09. The summed E-state index contributed by atoms with van der Waals surface area (Å²) in [6, 6.07) is 0. The first-order valence-electron chi connectivity index (χ1n) is 9.79. The highest BCUT2D eigenvalue weighted by Gasteiger charge is 2.20. The molecule has 1 amide bonds. The highest BCUT2D eigenvalue weighted by Crippen LogP contribution is 2.10.